The van der Waals surface area contributed by atoms with E-state index in [1.165, 1.54) is 34.4 Å². The third-order valence-electron chi connectivity index (χ3n) is 5.48. The van der Waals surface area contributed by atoms with E-state index in [0.717, 1.165) is 4.57 Å². The van der Waals surface area contributed by atoms with Gasteiger partial charge in [0.2, 0.25) is 15.9 Å². The molecule has 0 aliphatic heterocycles. The summed E-state index contributed by atoms with van der Waals surface area (Å²) in [6.45, 7) is 4.61. The summed E-state index contributed by atoms with van der Waals surface area (Å²) in [6, 6.07) is 6.16. The summed E-state index contributed by atoms with van der Waals surface area (Å²) < 4.78 is 30.7. The maximum atomic E-state index is 12.7. The van der Waals surface area contributed by atoms with Crippen molar-refractivity contribution in [2.24, 2.45) is 14.1 Å². The van der Waals surface area contributed by atoms with Gasteiger partial charge in [-0.15, -0.1) is 0 Å². The molecule has 0 bridgehead atoms. The normalized spacial score (nSPS) is 11.9. The van der Waals surface area contributed by atoms with E-state index >= 15 is 0 Å². The second-order valence-corrected chi connectivity index (χ2v) is 9.52. The van der Waals surface area contributed by atoms with Crippen molar-refractivity contribution in [2.75, 3.05) is 18.4 Å². The molecule has 0 saturated heterocycles. The van der Waals surface area contributed by atoms with Crippen LogP contribution in [0.4, 0.5) is 5.69 Å². The maximum Gasteiger partial charge on any atom is 0.332 e. The van der Waals surface area contributed by atoms with E-state index < -0.39 is 21.3 Å². The number of benzene rings is 1. The van der Waals surface area contributed by atoms with Crippen LogP contribution in [0.25, 0.3) is 11.2 Å². The zero-order chi connectivity index (χ0) is 24.3. The van der Waals surface area contributed by atoms with Gasteiger partial charge in [-0.3, -0.25) is 18.7 Å². The Morgan fingerprint density at radius 3 is 2.48 bits per heavy atom. The Bertz CT molecular complexity index is 1400. The molecule has 33 heavy (non-hydrogen) atoms. The lowest BCUT2D eigenvalue weighted by molar-refractivity contribution is -0.116. The van der Waals surface area contributed by atoms with Gasteiger partial charge in [0.05, 0.1) is 11.2 Å². The Hall–Kier alpha value is -3.25. The monoisotopic (exact) mass is 476 g/mol. The number of aromatic nitrogens is 4. The molecule has 3 aromatic rings. The highest BCUT2D eigenvalue weighted by molar-refractivity contribution is 7.89. The number of imidazole rings is 1. The van der Waals surface area contributed by atoms with E-state index in [0.29, 0.717) is 42.9 Å². The number of carbonyl (C=O) groups excluding carboxylic acids is 1. The molecule has 1 amide bonds. The van der Waals surface area contributed by atoms with Crippen LogP contribution in [0.15, 0.2) is 45.1 Å². The SMILES string of the molecule is CCN(CC)S(=O)(=O)c1cccc(NC(=O)CCCn2cnc3c2c(=O)n(C)c(=O)n3C)c1. The summed E-state index contributed by atoms with van der Waals surface area (Å²) in [5, 5.41) is 2.73. The van der Waals surface area contributed by atoms with E-state index in [1.54, 1.807) is 37.6 Å². The Morgan fingerprint density at radius 1 is 1.12 bits per heavy atom. The molecule has 1 aromatic carbocycles. The third-order valence-corrected chi connectivity index (χ3v) is 7.53. The summed E-state index contributed by atoms with van der Waals surface area (Å²) in [7, 11) is -0.674. The Balaban J connectivity index is 1.68. The van der Waals surface area contributed by atoms with Gasteiger partial charge in [-0.1, -0.05) is 19.9 Å². The van der Waals surface area contributed by atoms with Crippen molar-refractivity contribution < 1.29 is 13.2 Å². The van der Waals surface area contributed by atoms with Crippen LogP contribution in [-0.4, -0.2) is 50.4 Å². The minimum Gasteiger partial charge on any atom is -0.326 e. The van der Waals surface area contributed by atoms with Crippen molar-refractivity contribution in [3.63, 3.8) is 0 Å². The number of nitrogens with one attached hydrogen (secondary N) is 1. The number of sulfonamides is 1. The van der Waals surface area contributed by atoms with Gasteiger partial charge in [0, 0.05) is 45.8 Å². The first-order chi connectivity index (χ1) is 15.6. The van der Waals surface area contributed by atoms with Crippen molar-refractivity contribution in [1.29, 1.82) is 0 Å². The highest BCUT2D eigenvalue weighted by Crippen LogP contribution is 2.20. The van der Waals surface area contributed by atoms with Gasteiger partial charge >= 0.3 is 5.69 Å². The van der Waals surface area contributed by atoms with Gasteiger partial charge in [-0.2, -0.15) is 4.31 Å². The van der Waals surface area contributed by atoms with E-state index in [4.69, 9.17) is 0 Å². The molecule has 0 fully saturated rings. The number of amides is 1. The molecule has 0 atom stereocenters. The molecular weight excluding hydrogens is 448 g/mol. The molecule has 0 unspecified atom stereocenters. The van der Waals surface area contributed by atoms with Crippen LogP contribution in [-0.2, 0) is 35.5 Å². The van der Waals surface area contributed by atoms with Crippen molar-refractivity contribution in [2.45, 2.75) is 38.1 Å². The fourth-order valence-electron chi connectivity index (χ4n) is 3.65. The minimum absolute atomic E-state index is 0.121. The number of hydrogen-bond acceptors (Lipinski definition) is 6. The van der Waals surface area contributed by atoms with Crippen LogP contribution < -0.4 is 16.6 Å². The molecular formula is C21H28N6O5S. The van der Waals surface area contributed by atoms with Crippen molar-refractivity contribution >= 4 is 32.8 Å². The van der Waals surface area contributed by atoms with Gasteiger partial charge in [-0.05, 0) is 24.6 Å². The van der Waals surface area contributed by atoms with Crippen molar-refractivity contribution in [1.82, 2.24) is 23.0 Å². The average Bonchev–Trinajstić information content (AvgIpc) is 3.21. The highest BCUT2D eigenvalue weighted by atomic mass is 32.2. The summed E-state index contributed by atoms with van der Waals surface area (Å²) in [4.78, 5) is 41.2. The molecule has 2 aromatic heterocycles. The number of nitrogens with zero attached hydrogens (tertiary/aromatic N) is 5. The van der Waals surface area contributed by atoms with Crippen LogP contribution in [0, 0.1) is 0 Å². The van der Waals surface area contributed by atoms with E-state index in [-0.39, 0.29) is 17.2 Å². The molecule has 178 valence electrons. The van der Waals surface area contributed by atoms with Crippen molar-refractivity contribution in [3.8, 4) is 0 Å². The first-order valence-electron chi connectivity index (χ1n) is 10.6. The predicted molar refractivity (Wildman–Crippen MR) is 125 cm³/mol. The van der Waals surface area contributed by atoms with Gasteiger partial charge in [0.15, 0.2) is 11.2 Å². The molecule has 0 spiro atoms. The Morgan fingerprint density at radius 2 is 1.82 bits per heavy atom. The van der Waals surface area contributed by atoms with Gasteiger partial charge in [0.25, 0.3) is 5.56 Å². The quantitative estimate of drug-likeness (QED) is 0.488. The van der Waals surface area contributed by atoms with E-state index in [1.807, 2.05) is 0 Å². The number of carbonyl (C=O) groups is 1. The van der Waals surface area contributed by atoms with Crippen LogP contribution in [0.1, 0.15) is 26.7 Å². The number of hydrogen-bond donors (Lipinski definition) is 1. The minimum atomic E-state index is -3.63. The molecule has 0 aliphatic rings. The molecule has 1 N–H and O–H groups in total. The lowest BCUT2D eigenvalue weighted by Crippen LogP contribution is -2.37. The highest BCUT2D eigenvalue weighted by Gasteiger charge is 2.22. The molecule has 11 nitrogen and oxygen atoms in total. The van der Waals surface area contributed by atoms with E-state index in [2.05, 4.69) is 10.3 Å². The van der Waals surface area contributed by atoms with Crippen LogP contribution in [0.5, 0.6) is 0 Å². The number of fused-ring (bicyclic) bond motifs is 1. The molecule has 0 radical (unpaired) electrons. The molecule has 3 rings (SSSR count). The van der Waals surface area contributed by atoms with Crippen LogP contribution in [0.2, 0.25) is 0 Å². The Kier molecular flexibility index (Phi) is 7.18. The fourth-order valence-corrected chi connectivity index (χ4v) is 5.15. The van der Waals surface area contributed by atoms with Crippen LogP contribution >= 0.6 is 0 Å². The smallest absolute Gasteiger partial charge is 0.326 e. The van der Waals surface area contributed by atoms with E-state index in [9.17, 15) is 22.8 Å². The maximum absolute atomic E-state index is 12.7. The third kappa shape index (κ3) is 4.76. The topological polar surface area (TPSA) is 128 Å². The first kappa shape index (κ1) is 24.4. The number of rotatable bonds is 9. The zero-order valence-electron chi connectivity index (χ0n) is 19.1. The molecule has 2 heterocycles. The lowest BCUT2D eigenvalue weighted by Gasteiger charge is -2.18. The standard InChI is InChI=1S/C21H28N6O5S/c1-5-27(6-2)33(31,32)16-10-7-9-15(13-16)23-17(28)11-8-12-26-14-22-19-18(26)20(29)25(4)21(30)24(19)3/h7,9-10,13-14H,5-6,8,11-12H2,1-4H3,(H,23,28). The van der Waals surface area contributed by atoms with Gasteiger partial charge < -0.3 is 9.88 Å². The van der Waals surface area contributed by atoms with Gasteiger partial charge in [0.1, 0.15) is 0 Å². The summed E-state index contributed by atoms with van der Waals surface area (Å²) in [5.74, 6) is -0.280. The second kappa shape index (κ2) is 9.71. The lowest BCUT2D eigenvalue weighted by atomic mass is 10.2. The fraction of sp³-hybridized carbons (Fsp3) is 0.429. The average molecular weight is 477 g/mol. The van der Waals surface area contributed by atoms with Crippen LogP contribution in [0.3, 0.4) is 0 Å². The number of anilines is 1. The zero-order valence-corrected chi connectivity index (χ0v) is 19.9. The predicted octanol–water partition coefficient (Wildman–Crippen LogP) is 0.883. The van der Waals surface area contributed by atoms with Crippen molar-refractivity contribution in [3.05, 3.63) is 51.4 Å². The summed E-state index contributed by atoms with van der Waals surface area (Å²) in [6.07, 6.45) is 2.05. The number of aryl methyl sites for hydroxylation is 2. The first-order valence-corrected chi connectivity index (χ1v) is 12.1. The summed E-state index contributed by atoms with van der Waals surface area (Å²) >= 11 is 0. The molecule has 0 aliphatic carbocycles. The summed E-state index contributed by atoms with van der Waals surface area (Å²) in [5.41, 5.74) is 0.0851. The molecule has 12 heteroatoms. The largest absolute Gasteiger partial charge is 0.332 e. The Labute approximate surface area is 191 Å². The molecule has 0 saturated carbocycles. The second-order valence-electron chi connectivity index (χ2n) is 7.58. The van der Waals surface area contributed by atoms with Gasteiger partial charge in [-0.25, -0.2) is 18.2 Å².